The van der Waals surface area contributed by atoms with Gasteiger partial charge in [0, 0.05) is 29.2 Å². The van der Waals surface area contributed by atoms with E-state index in [9.17, 15) is 14.4 Å². The number of nitrogens with zero attached hydrogens (tertiary/aromatic N) is 1. The molecule has 7 heteroatoms. The van der Waals surface area contributed by atoms with Gasteiger partial charge in [0.2, 0.25) is 11.7 Å². The highest BCUT2D eigenvalue weighted by molar-refractivity contribution is 6.30. The molecule has 0 radical (unpaired) electrons. The van der Waals surface area contributed by atoms with E-state index in [1.807, 2.05) is 6.92 Å². The van der Waals surface area contributed by atoms with Crippen molar-refractivity contribution in [3.63, 3.8) is 0 Å². The maximum absolute atomic E-state index is 12.5. The molecular weight excluding hydrogens is 394 g/mol. The van der Waals surface area contributed by atoms with E-state index < -0.39 is 18.0 Å². The van der Waals surface area contributed by atoms with Crippen molar-refractivity contribution in [1.82, 2.24) is 0 Å². The number of esters is 1. The number of rotatable bonds is 7. The number of carbonyl (C=O) groups is 3. The number of amides is 1. The van der Waals surface area contributed by atoms with Gasteiger partial charge >= 0.3 is 5.97 Å². The molecule has 0 aromatic heterocycles. The van der Waals surface area contributed by atoms with Crippen molar-refractivity contribution in [2.45, 2.75) is 26.4 Å². The first-order valence-electron chi connectivity index (χ1n) is 9.42. The smallest absolute Gasteiger partial charge is 0.312 e. The Morgan fingerprint density at radius 2 is 1.79 bits per heavy atom. The van der Waals surface area contributed by atoms with Gasteiger partial charge < -0.3 is 14.4 Å². The molecule has 2 unspecified atom stereocenters. The summed E-state index contributed by atoms with van der Waals surface area (Å²) in [7, 11) is 0. The second-order valence-electron chi connectivity index (χ2n) is 6.78. The Hall–Kier alpha value is -2.86. The summed E-state index contributed by atoms with van der Waals surface area (Å²) in [5.41, 5.74) is 1.10. The molecule has 0 saturated carbocycles. The number of Topliss-reactive ketones (excluding diaryl/α,β-unsaturated/α-hetero) is 1. The Kier molecular flexibility index (Phi) is 6.54. The SMILES string of the molecule is CCOc1ccc(N2CC(C(=O)OC(C)C(=O)c3ccc(Cl)cc3)CC2=O)cc1. The molecule has 1 heterocycles. The largest absolute Gasteiger partial charge is 0.494 e. The number of benzene rings is 2. The molecule has 1 amide bonds. The van der Waals surface area contributed by atoms with Gasteiger partial charge in [-0.25, -0.2) is 0 Å². The fourth-order valence-electron chi connectivity index (χ4n) is 3.18. The van der Waals surface area contributed by atoms with Gasteiger partial charge in [-0.3, -0.25) is 14.4 Å². The van der Waals surface area contributed by atoms with Crippen molar-refractivity contribution in [2.75, 3.05) is 18.1 Å². The summed E-state index contributed by atoms with van der Waals surface area (Å²) in [6.45, 7) is 4.19. The number of halogens is 1. The van der Waals surface area contributed by atoms with Crippen molar-refractivity contribution >= 4 is 34.9 Å². The molecular formula is C22H22ClNO5. The second kappa shape index (κ2) is 9.09. The first kappa shape index (κ1) is 20.9. The van der Waals surface area contributed by atoms with Crippen LogP contribution < -0.4 is 9.64 Å². The molecule has 29 heavy (non-hydrogen) atoms. The van der Waals surface area contributed by atoms with Gasteiger partial charge in [-0.15, -0.1) is 0 Å². The summed E-state index contributed by atoms with van der Waals surface area (Å²) in [5.74, 6) is -0.931. The molecule has 6 nitrogen and oxygen atoms in total. The van der Waals surface area contributed by atoms with E-state index in [-0.39, 0.29) is 24.7 Å². The molecule has 3 rings (SSSR count). The quantitative estimate of drug-likeness (QED) is 0.506. The van der Waals surface area contributed by atoms with E-state index in [1.54, 1.807) is 53.4 Å². The summed E-state index contributed by atoms with van der Waals surface area (Å²) >= 11 is 5.83. The predicted octanol–water partition coefficient (Wildman–Crippen LogP) is 3.91. The molecule has 2 aromatic rings. The van der Waals surface area contributed by atoms with Crippen LogP contribution in [0.25, 0.3) is 0 Å². The third kappa shape index (κ3) is 4.95. The van der Waals surface area contributed by atoms with E-state index in [4.69, 9.17) is 21.1 Å². The van der Waals surface area contributed by atoms with Gasteiger partial charge in [-0.1, -0.05) is 11.6 Å². The minimum Gasteiger partial charge on any atom is -0.494 e. The average molecular weight is 416 g/mol. The van der Waals surface area contributed by atoms with Gasteiger partial charge in [0.25, 0.3) is 0 Å². The zero-order valence-corrected chi connectivity index (χ0v) is 17.0. The summed E-state index contributed by atoms with van der Waals surface area (Å²) in [4.78, 5) is 38.9. The molecule has 0 aliphatic carbocycles. The Morgan fingerprint density at radius 1 is 1.14 bits per heavy atom. The molecule has 2 atom stereocenters. The lowest BCUT2D eigenvalue weighted by Crippen LogP contribution is -2.30. The first-order chi connectivity index (χ1) is 13.9. The lowest BCUT2D eigenvalue weighted by atomic mass is 10.1. The van der Waals surface area contributed by atoms with Crippen LogP contribution >= 0.6 is 11.6 Å². The van der Waals surface area contributed by atoms with Crippen molar-refractivity contribution < 1.29 is 23.9 Å². The standard InChI is InChI=1S/C22H22ClNO5/c1-3-28-19-10-8-18(9-11-19)24-13-16(12-20(24)25)22(27)29-14(2)21(26)15-4-6-17(23)7-5-15/h4-11,14,16H,3,12-13H2,1-2H3. The summed E-state index contributed by atoms with van der Waals surface area (Å²) in [6, 6.07) is 13.5. The van der Waals surface area contributed by atoms with Crippen LogP contribution in [0, 0.1) is 5.92 Å². The lowest BCUT2D eigenvalue weighted by molar-refractivity contribution is -0.151. The zero-order valence-electron chi connectivity index (χ0n) is 16.3. The Labute approximate surface area is 174 Å². The van der Waals surface area contributed by atoms with Gasteiger partial charge in [-0.05, 0) is 62.4 Å². The fourth-order valence-corrected chi connectivity index (χ4v) is 3.30. The molecule has 1 aliphatic rings. The van der Waals surface area contributed by atoms with Crippen molar-refractivity contribution in [2.24, 2.45) is 5.92 Å². The van der Waals surface area contributed by atoms with Gasteiger partial charge in [0.15, 0.2) is 6.10 Å². The topological polar surface area (TPSA) is 72.9 Å². The number of ketones is 1. The van der Waals surface area contributed by atoms with Crippen LogP contribution in [0.4, 0.5) is 5.69 Å². The maximum atomic E-state index is 12.5. The Bertz CT molecular complexity index is 894. The molecule has 0 bridgehead atoms. The highest BCUT2D eigenvalue weighted by Crippen LogP contribution is 2.28. The minimum absolute atomic E-state index is 0.0495. The normalized spacial score (nSPS) is 17.1. The Morgan fingerprint density at radius 3 is 2.41 bits per heavy atom. The molecule has 1 saturated heterocycles. The van der Waals surface area contributed by atoms with Crippen LogP contribution in [0.15, 0.2) is 48.5 Å². The number of hydrogen-bond acceptors (Lipinski definition) is 5. The van der Waals surface area contributed by atoms with Crippen molar-refractivity contribution in [3.8, 4) is 5.75 Å². The van der Waals surface area contributed by atoms with Gasteiger partial charge in [0.05, 0.1) is 12.5 Å². The van der Waals surface area contributed by atoms with E-state index in [1.165, 1.54) is 6.92 Å². The Balaban J connectivity index is 1.60. The number of anilines is 1. The zero-order chi connectivity index (χ0) is 21.0. The van der Waals surface area contributed by atoms with Crippen LogP contribution in [-0.4, -0.2) is 36.9 Å². The van der Waals surface area contributed by atoms with Crippen molar-refractivity contribution in [3.05, 3.63) is 59.1 Å². The first-order valence-corrected chi connectivity index (χ1v) is 9.80. The number of carbonyl (C=O) groups excluding carboxylic acids is 3. The summed E-state index contributed by atoms with van der Waals surface area (Å²) in [6.07, 6.45) is -0.897. The highest BCUT2D eigenvalue weighted by atomic mass is 35.5. The fraction of sp³-hybridized carbons (Fsp3) is 0.318. The van der Waals surface area contributed by atoms with Crippen LogP contribution in [-0.2, 0) is 14.3 Å². The third-order valence-corrected chi connectivity index (χ3v) is 4.96. The lowest BCUT2D eigenvalue weighted by Gasteiger charge is -2.18. The molecule has 1 aliphatic heterocycles. The predicted molar refractivity (Wildman–Crippen MR) is 109 cm³/mol. The van der Waals surface area contributed by atoms with Crippen LogP contribution in [0.3, 0.4) is 0 Å². The molecule has 152 valence electrons. The van der Waals surface area contributed by atoms with E-state index >= 15 is 0 Å². The summed E-state index contributed by atoms with van der Waals surface area (Å²) < 4.78 is 10.7. The van der Waals surface area contributed by atoms with E-state index in [0.29, 0.717) is 28.6 Å². The van der Waals surface area contributed by atoms with E-state index in [2.05, 4.69) is 0 Å². The van der Waals surface area contributed by atoms with Crippen LogP contribution in [0.1, 0.15) is 30.6 Å². The number of ether oxygens (including phenoxy) is 2. The van der Waals surface area contributed by atoms with Crippen molar-refractivity contribution in [1.29, 1.82) is 0 Å². The van der Waals surface area contributed by atoms with E-state index in [0.717, 1.165) is 0 Å². The molecule has 2 aromatic carbocycles. The monoisotopic (exact) mass is 415 g/mol. The van der Waals surface area contributed by atoms with Gasteiger partial charge in [0.1, 0.15) is 5.75 Å². The second-order valence-corrected chi connectivity index (χ2v) is 7.22. The van der Waals surface area contributed by atoms with Gasteiger partial charge in [-0.2, -0.15) is 0 Å². The van der Waals surface area contributed by atoms with Crippen LogP contribution in [0.5, 0.6) is 5.75 Å². The molecule has 0 N–H and O–H groups in total. The maximum Gasteiger partial charge on any atom is 0.312 e. The molecule has 1 fully saturated rings. The molecule has 0 spiro atoms. The third-order valence-electron chi connectivity index (χ3n) is 4.71. The summed E-state index contributed by atoms with van der Waals surface area (Å²) in [5, 5.41) is 0.519. The van der Waals surface area contributed by atoms with Crippen LogP contribution in [0.2, 0.25) is 5.02 Å². The average Bonchev–Trinajstić information content (AvgIpc) is 3.10. The highest BCUT2D eigenvalue weighted by Gasteiger charge is 2.37. The number of hydrogen-bond donors (Lipinski definition) is 0. The minimum atomic E-state index is -0.946.